The number of nitrogens with zero attached hydrogens (tertiary/aromatic N) is 1. The topological polar surface area (TPSA) is 12.5 Å². The van der Waals surface area contributed by atoms with E-state index in [0.717, 1.165) is 32.5 Å². The van der Waals surface area contributed by atoms with Crippen LogP contribution < -0.4 is 4.90 Å². The molecule has 1 aliphatic rings. The molecule has 0 atom stereocenters. The molecule has 0 aliphatic carbocycles. The van der Waals surface area contributed by atoms with E-state index in [4.69, 9.17) is 4.74 Å². The van der Waals surface area contributed by atoms with Crippen molar-refractivity contribution in [3.8, 4) is 0 Å². The van der Waals surface area contributed by atoms with Gasteiger partial charge < -0.3 is 9.64 Å². The average molecular weight is 219 g/mol. The van der Waals surface area contributed by atoms with Crippen LogP contribution in [-0.4, -0.2) is 26.3 Å². The van der Waals surface area contributed by atoms with E-state index in [1.807, 2.05) is 0 Å². The molecule has 2 rings (SSSR count). The van der Waals surface area contributed by atoms with Crippen molar-refractivity contribution < 1.29 is 4.74 Å². The number of hydrogen-bond donors (Lipinski definition) is 0. The fourth-order valence-electron chi connectivity index (χ4n) is 2.25. The van der Waals surface area contributed by atoms with E-state index in [2.05, 4.69) is 43.1 Å². The second kappa shape index (κ2) is 5.35. The third kappa shape index (κ3) is 2.56. The van der Waals surface area contributed by atoms with E-state index in [0.29, 0.717) is 6.04 Å². The SMILES string of the molecule is CCc1ccc(N(C)C2CCOCC2)cc1. The summed E-state index contributed by atoms with van der Waals surface area (Å²) < 4.78 is 5.40. The lowest BCUT2D eigenvalue weighted by Crippen LogP contribution is -2.36. The van der Waals surface area contributed by atoms with Crippen molar-refractivity contribution in [2.45, 2.75) is 32.2 Å². The molecule has 1 fully saturated rings. The summed E-state index contributed by atoms with van der Waals surface area (Å²) in [5.41, 5.74) is 2.73. The lowest BCUT2D eigenvalue weighted by Gasteiger charge is -2.33. The van der Waals surface area contributed by atoms with Gasteiger partial charge in [-0.3, -0.25) is 0 Å². The molecule has 1 aromatic rings. The zero-order valence-corrected chi connectivity index (χ0v) is 10.3. The van der Waals surface area contributed by atoms with Crippen LogP contribution in [0.5, 0.6) is 0 Å². The summed E-state index contributed by atoms with van der Waals surface area (Å²) in [6, 6.07) is 9.56. The number of rotatable bonds is 3. The summed E-state index contributed by atoms with van der Waals surface area (Å²) in [5, 5.41) is 0. The predicted molar refractivity (Wildman–Crippen MR) is 68.1 cm³/mol. The van der Waals surface area contributed by atoms with Gasteiger partial charge in [-0.15, -0.1) is 0 Å². The Morgan fingerprint density at radius 1 is 1.19 bits per heavy atom. The fourth-order valence-corrected chi connectivity index (χ4v) is 2.25. The molecule has 0 radical (unpaired) electrons. The van der Waals surface area contributed by atoms with Gasteiger partial charge in [0, 0.05) is 32.0 Å². The van der Waals surface area contributed by atoms with Crippen LogP contribution >= 0.6 is 0 Å². The first kappa shape index (κ1) is 11.5. The van der Waals surface area contributed by atoms with Crippen molar-refractivity contribution in [1.82, 2.24) is 0 Å². The van der Waals surface area contributed by atoms with Crippen LogP contribution in [0.3, 0.4) is 0 Å². The Kier molecular flexibility index (Phi) is 3.83. The van der Waals surface area contributed by atoms with Gasteiger partial charge >= 0.3 is 0 Å². The highest BCUT2D eigenvalue weighted by atomic mass is 16.5. The quantitative estimate of drug-likeness (QED) is 0.775. The number of ether oxygens (including phenoxy) is 1. The molecule has 16 heavy (non-hydrogen) atoms. The van der Waals surface area contributed by atoms with E-state index in [9.17, 15) is 0 Å². The third-order valence-electron chi connectivity index (χ3n) is 3.49. The highest BCUT2D eigenvalue weighted by Crippen LogP contribution is 2.21. The molecule has 1 aromatic carbocycles. The van der Waals surface area contributed by atoms with Crippen LogP contribution in [-0.2, 0) is 11.2 Å². The smallest absolute Gasteiger partial charge is 0.0485 e. The van der Waals surface area contributed by atoms with Crippen molar-refractivity contribution >= 4 is 5.69 Å². The first-order chi connectivity index (χ1) is 7.81. The number of hydrogen-bond acceptors (Lipinski definition) is 2. The molecule has 1 saturated heterocycles. The normalized spacial score (nSPS) is 17.4. The van der Waals surface area contributed by atoms with E-state index < -0.39 is 0 Å². The standard InChI is InChI=1S/C14H21NO/c1-3-12-4-6-13(7-5-12)15(2)14-8-10-16-11-9-14/h4-7,14H,3,8-11H2,1-2H3. The Bertz CT molecular complexity index is 314. The lowest BCUT2D eigenvalue weighted by atomic mass is 10.1. The first-order valence-corrected chi connectivity index (χ1v) is 6.20. The summed E-state index contributed by atoms with van der Waals surface area (Å²) in [6.45, 7) is 4.00. The Morgan fingerprint density at radius 2 is 1.81 bits per heavy atom. The van der Waals surface area contributed by atoms with Gasteiger partial charge in [0.25, 0.3) is 0 Å². The van der Waals surface area contributed by atoms with E-state index in [1.54, 1.807) is 0 Å². The van der Waals surface area contributed by atoms with Crippen molar-refractivity contribution in [1.29, 1.82) is 0 Å². The highest BCUT2D eigenvalue weighted by molar-refractivity contribution is 5.47. The van der Waals surface area contributed by atoms with Gasteiger partial charge in [0.2, 0.25) is 0 Å². The fraction of sp³-hybridized carbons (Fsp3) is 0.571. The number of aryl methyl sites for hydroxylation is 1. The molecule has 2 nitrogen and oxygen atoms in total. The molecular weight excluding hydrogens is 198 g/mol. The van der Waals surface area contributed by atoms with Gasteiger partial charge in [-0.05, 0) is 37.0 Å². The molecule has 0 aromatic heterocycles. The maximum atomic E-state index is 5.40. The van der Waals surface area contributed by atoms with Crippen LogP contribution in [0, 0.1) is 0 Å². The molecule has 1 heterocycles. The maximum absolute atomic E-state index is 5.40. The minimum Gasteiger partial charge on any atom is -0.381 e. The van der Waals surface area contributed by atoms with Gasteiger partial charge in [0.1, 0.15) is 0 Å². The molecule has 0 unspecified atom stereocenters. The van der Waals surface area contributed by atoms with Crippen LogP contribution in [0.2, 0.25) is 0 Å². The number of anilines is 1. The average Bonchev–Trinajstić information content (AvgIpc) is 2.39. The second-order valence-corrected chi connectivity index (χ2v) is 4.47. The Labute approximate surface area is 98.2 Å². The minimum absolute atomic E-state index is 0.640. The van der Waals surface area contributed by atoms with Crippen molar-refractivity contribution in [3.05, 3.63) is 29.8 Å². The van der Waals surface area contributed by atoms with Crippen molar-refractivity contribution in [3.63, 3.8) is 0 Å². The molecule has 0 bridgehead atoms. The van der Waals surface area contributed by atoms with Crippen LogP contribution in [0.15, 0.2) is 24.3 Å². The summed E-state index contributed by atoms with van der Waals surface area (Å²) in [7, 11) is 2.19. The van der Waals surface area contributed by atoms with Gasteiger partial charge in [0.15, 0.2) is 0 Å². The third-order valence-corrected chi connectivity index (χ3v) is 3.49. The van der Waals surface area contributed by atoms with E-state index >= 15 is 0 Å². The molecule has 2 heteroatoms. The predicted octanol–water partition coefficient (Wildman–Crippen LogP) is 2.86. The highest BCUT2D eigenvalue weighted by Gasteiger charge is 2.18. The number of benzene rings is 1. The van der Waals surface area contributed by atoms with Gasteiger partial charge in [0.05, 0.1) is 0 Å². The Hall–Kier alpha value is -1.02. The summed E-state index contributed by atoms with van der Waals surface area (Å²) in [6.07, 6.45) is 3.40. The minimum atomic E-state index is 0.640. The molecule has 0 spiro atoms. The molecule has 88 valence electrons. The Balaban J connectivity index is 2.04. The lowest BCUT2D eigenvalue weighted by molar-refractivity contribution is 0.0855. The van der Waals surface area contributed by atoms with E-state index in [-0.39, 0.29) is 0 Å². The van der Waals surface area contributed by atoms with Gasteiger partial charge in [-0.25, -0.2) is 0 Å². The molecular formula is C14H21NO. The summed E-state index contributed by atoms with van der Waals surface area (Å²) in [4.78, 5) is 2.39. The maximum Gasteiger partial charge on any atom is 0.0485 e. The molecule has 0 N–H and O–H groups in total. The van der Waals surface area contributed by atoms with Crippen LogP contribution in [0.4, 0.5) is 5.69 Å². The zero-order valence-electron chi connectivity index (χ0n) is 10.3. The summed E-state index contributed by atoms with van der Waals surface area (Å²) in [5.74, 6) is 0. The van der Waals surface area contributed by atoms with Crippen molar-refractivity contribution in [2.24, 2.45) is 0 Å². The Morgan fingerprint density at radius 3 is 2.38 bits per heavy atom. The first-order valence-electron chi connectivity index (χ1n) is 6.20. The van der Waals surface area contributed by atoms with Crippen molar-refractivity contribution in [2.75, 3.05) is 25.2 Å². The molecule has 1 aliphatic heterocycles. The molecule has 0 amide bonds. The molecule has 0 saturated carbocycles. The van der Waals surface area contributed by atoms with Crippen LogP contribution in [0.25, 0.3) is 0 Å². The van der Waals surface area contributed by atoms with Crippen LogP contribution in [0.1, 0.15) is 25.3 Å². The van der Waals surface area contributed by atoms with Gasteiger partial charge in [-0.1, -0.05) is 19.1 Å². The van der Waals surface area contributed by atoms with Gasteiger partial charge in [-0.2, -0.15) is 0 Å². The largest absolute Gasteiger partial charge is 0.381 e. The monoisotopic (exact) mass is 219 g/mol. The summed E-state index contributed by atoms with van der Waals surface area (Å²) >= 11 is 0. The van der Waals surface area contributed by atoms with E-state index in [1.165, 1.54) is 11.3 Å². The second-order valence-electron chi connectivity index (χ2n) is 4.47. The zero-order chi connectivity index (χ0) is 11.4.